The molecule has 0 aliphatic carbocycles. The Bertz CT molecular complexity index is 1640. The van der Waals surface area contributed by atoms with Crippen LogP contribution in [-0.2, 0) is 20.1 Å². The molecule has 1 atom stereocenters. The normalized spacial score (nSPS) is 11.4. The van der Waals surface area contributed by atoms with Crippen LogP contribution < -0.4 is 5.19 Å². The molecular weight excluding hydrogens is 717 g/mol. The largest absolute Gasteiger partial charge is 0.305 e. The minimum absolute atomic E-state index is 0. The second-order valence-corrected chi connectivity index (χ2v) is 16.5. The number of hydrogen-bond donors (Lipinski definition) is 0. The number of aromatic nitrogens is 2. The number of rotatable bonds is 6. The van der Waals surface area contributed by atoms with Gasteiger partial charge in [0.15, 0.2) is 0 Å². The monoisotopic (exact) mass is 753 g/mol. The van der Waals surface area contributed by atoms with Crippen LogP contribution in [0.1, 0.15) is 24.0 Å². The molecule has 0 N–H and O–H groups in total. The summed E-state index contributed by atoms with van der Waals surface area (Å²) in [6.07, 6.45) is 3.89. The van der Waals surface area contributed by atoms with Crippen molar-refractivity contribution in [3.63, 3.8) is 0 Å². The smallest absolute Gasteiger partial charge is 0.0795 e. The molecule has 0 fully saturated rings. The predicted octanol–water partition coefficient (Wildman–Crippen LogP) is 9.46. The van der Waals surface area contributed by atoms with Crippen molar-refractivity contribution in [1.82, 2.24) is 9.97 Å². The van der Waals surface area contributed by atoms with Crippen LogP contribution in [0.2, 0.25) is 19.6 Å². The molecule has 0 bridgehead atoms. The third-order valence-electron chi connectivity index (χ3n) is 7.38. The third-order valence-corrected chi connectivity index (χ3v) is 9.41. The van der Waals surface area contributed by atoms with Gasteiger partial charge in [-0.3, -0.25) is 0 Å². The minimum atomic E-state index is -1.30. The number of benzene rings is 4. The first kappa shape index (κ1) is 32.0. The topological polar surface area (TPSA) is 25.8 Å². The minimum Gasteiger partial charge on any atom is -0.305 e. The van der Waals surface area contributed by atoms with E-state index < -0.39 is 8.07 Å². The van der Waals surface area contributed by atoms with E-state index in [2.05, 4.69) is 116 Å². The first-order valence-electron chi connectivity index (χ1n) is 14.4. The molecule has 0 spiro atoms. The van der Waals surface area contributed by atoms with Crippen LogP contribution in [0.4, 0.5) is 0 Å². The van der Waals surface area contributed by atoms with Gasteiger partial charge in [-0.05, 0) is 45.2 Å². The van der Waals surface area contributed by atoms with Crippen molar-refractivity contribution in [1.29, 1.82) is 0 Å². The zero-order valence-corrected chi connectivity index (χ0v) is 28.5. The maximum atomic E-state index is 4.69. The van der Waals surface area contributed by atoms with Gasteiger partial charge in [0, 0.05) is 32.5 Å². The zero-order valence-electron chi connectivity index (χ0n) is 25.1. The Morgan fingerprint density at radius 1 is 0.581 bits per heavy atom. The summed E-state index contributed by atoms with van der Waals surface area (Å²) < 4.78 is 0. The summed E-state index contributed by atoms with van der Waals surface area (Å²) in [7, 11) is -1.30. The van der Waals surface area contributed by atoms with Gasteiger partial charge in [0.2, 0.25) is 0 Å². The van der Waals surface area contributed by atoms with Crippen molar-refractivity contribution in [3.05, 3.63) is 163 Å². The fraction of sp³-hybridized carbons (Fsp3) is 0.128. The molecule has 217 valence electrons. The third kappa shape index (κ3) is 8.55. The predicted molar refractivity (Wildman–Crippen MR) is 179 cm³/mol. The molecule has 0 aliphatic rings. The summed E-state index contributed by atoms with van der Waals surface area (Å²) in [4.78, 5) is 9.10. The first-order chi connectivity index (χ1) is 20.4. The van der Waals surface area contributed by atoms with Crippen LogP contribution in [0.25, 0.3) is 33.6 Å². The van der Waals surface area contributed by atoms with Crippen molar-refractivity contribution in [2.24, 2.45) is 0 Å². The van der Waals surface area contributed by atoms with Gasteiger partial charge in [-0.2, -0.15) is 0 Å². The maximum absolute atomic E-state index is 4.69. The fourth-order valence-corrected chi connectivity index (χ4v) is 5.81. The number of hydrogen-bond acceptors (Lipinski definition) is 2. The molecule has 43 heavy (non-hydrogen) atoms. The summed E-state index contributed by atoms with van der Waals surface area (Å²) in [5.41, 5.74) is 9.06. The molecule has 0 saturated carbocycles. The number of nitrogens with zero attached hydrogens (tertiary/aromatic N) is 2. The molecule has 6 aromatic rings. The van der Waals surface area contributed by atoms with Crippen LogP contribution in [-0.4, -0.2) is 18.0 Å². The van der Waals surface area contributed by atoms with E-state index in [-0.39, 0.29) is 20.1 Å². The molecule has 0 amide bonds. The Balaban J connectivity index is 0.000000199. The standard InChI is InChI=1S/C22H24NSi.C17H12N.Ir/c1-17(18-9-6-5-7-10-18)19-11-8-12-20(15-19)22-14-13-21(16-23-22)24(2,3)4;1-3-7-14(8-4-1)16-11-12-18-17(13-16)15-9-5-2-6-10-15;/h5-11,13-17H,1-4H3;1-9,11-13H;/q2*-1;. The fourth-order valence-electron chi connectivity index (χ4n) is 4.77. The van der Waals surface area contributed by atoms with Crippen LogP contribution in [0, 0.1) is 12.1 Å². The Hall–Kier alpha value is -3.95. The molecular formula is C39H36IrN2Si-2. The van der Waals surface area contributed by atoms with Gasteiger partial charge in [-0.1, -0.05) is 105 Å². The van der Waals surface area contributed by atoms with Crippen molar-refractivity contribution in [2.45, 2.75) is 32.5 Å². The van der Waals surface area contributed by atoms with E-state index in [1.165, 1.54) is 27.4 Å². The van der Waals surface area contributed by atoms with Gasteiger partial charge < -0.3 is 9.97 Å². The van der Waals surface area contributed by atoms with Gasteiger partial charge in [-0.25, -0.2) is 0 Å². The van der Waals surface area contributed by atoms with E-state index >= 15 is 0 Å². The Kier molecular flexibility index (Phi) is 11.1. The average molecular weight is 753 g/mol. The van der Waals surface area contributed by atoms with E-state index in [1.807, 2.05) is 67.0 Å². The summed E-state index contributed by atoms with van der Waals surface area (Å²) in [6.45, 7) is 9.28. The maximum Gasteiger partial charge on any atom is 0.0795 e. The zero-order chi connectivity index (χ0) is 29.4. The van der Waals surface area contributed by atoms with E-state index in [0.717, 1.165) is 22.5 Å². The molecule has 1 radical (unpaired) electrons. The molecule has 0 saturated heterocycles. The summed E-state index contributed by atoms with van der Waals surface area (Å²) in [6, 6.07) is 50.3. The molecule has 2 aromatic heterocycles. The van der Waals surface area contributed by atoms with Crippen molar-refractivity contribution < 1.29 is 20.1 Å². The average Bonchev–Trinajstić information content (AvgIpc) is 3.06. The summed E-state index contributed by atoms with van der Waals surface area (Å²) >= 11 is 0. The SMILES string of the molecule is CC(c1ccccc1)c1cc[c-]c(-c2ccc([Si](C)(C)C)cn2)c1.[Ir].[c-]1ccccc1-c1cc(-c2ccccc2)ccn1. The van der Waals surface area contributed by atoms with E-state index in [0.29, 0.717) is 5.92 Å². The van der Waals surface area contributed by atoms with Gasteiger partial charge in [0.1, 0.15) is 0 Å². The second-order valence-electron chi connectivity index (χ2n) is 11.4. The van der Waals surface area contributed by atoms with Crippen LogP contribution in [0.5, 0.6) is 0 Å². The van der Waals surface area contributed by atoms with E-state index in [1.54, 1.807) is 0 Å². The van der Waals surface area contributed by atoms with E-state index in [9.17, 15) is 0 Å². The van der Waals surface area contributed by atoms with Gasteiger partial charge in [0.25, 0.3) is 0 Å². The molecule has 4 aromatic carbocycles. The summed E-state index contributed by atoms with van der Waals surface area (Å²) in [5.74, 6) is 0.362. The molecule has 1 unspecified atom stereocenters. The Labute approximate surface area is 271 Å². The molecule has 6 rings (SSSR count). The van der Waals surface area contributed by atoms with Gasteiger partial charge in [-0.15, -0.1) is 71.3 Å². The molecule has 4 heteroatoms. The first-order valence-corrected chi connectivity index (χ1v) is 17.9. The Morgan fingerprint density at radius 3 is 1.93 bits per heavy atom. The molecule has 2 heterocycles. The van der Waals surface area contributed by atoms with Crippen LogP contribution in [0.15, 0.2) is 140 Å². The summed E-state index contributed by atoms with van der Waals surface area (Å²) in [5, 5.41) is 1.39. The Morgan fingerprint density at radius 2 is 1.28 bits per heavy atom. The quantitative estimate of drug-likeness (QED) is 0.125. The van der Waals surface area contributed by atoms with Crippen molar-refractivity contribution in [2.75, 3.05) is 0 Å². The second kappa shape index (κ2) is 15.0. The van der Waals surface area contributed by atoms with Gasteiger partial charge in [0.05, 0.1) is 8.07 Å². The molecule has 2 nitrogen and oxygen atoms in total. The van der Waals surface area contributed by atoms with Crippen LogP contribution in [0.3, 0.4) is 0 Å². The molecule has 0 aliphatic heterocycles. The van der Waals surface area contributed by atoms with Gasteiger partial charge >= 0.3 is 0 Å². The van der Waals surface area contributed by atoms with Crippen molar-refractivity contribution >= 4 is 13.3 Å². The number of pyridine rings is 2. The van der Waals surface area contributed by atoms with Crippen molar-refractivity contribution in [3.8, 4) is 33.6 Å². The van der Waals surface area contributed by atoms with Crippen LogP contribution >= 0.6 is 0 Å². The van der Waals surface area contributed by atoms with E-state index in [4.69, 9.17) is 4.98 Å².